The van der Waals surface area contributed by atoms with Crippen LogP contribution in [0.2, 0.25) is 0 Å². The van der Waals surface area contributed by atoms with Crippen LogP contribution >= 0.6 is 0 Å². The molecule has 0 amide bonds. The number of hydrogen-bond donors (Lipinski definition) is 0. The molecule has 0 bridgehead atoms. The van der Waals surface area contributed by atoms with E-state index in [2.05, 4.69) is 337 Å². The second-order valence-corrected chi connectivity index (χ2v) is 30.7. The van der Waals surface area contributed by atoms with Crippen molar-refractivity contribution in [2.75, 3.05) is 0 Å². The van der Waals surface area contributed by atoms with Crippen LogP contribution in [0, 0.1) is 0 Å². The zero-order chi connectivity index (χ0) is 65.4. The van der Waals surface area contributed by atoms with Gasteiger partial charge < -0.3 is 22.8 Å². The number of rotatable bonds is 5. The predicted octanol–water partition coefficient (Wildman–Crippen LogP) is 19.1. The first-order valence-corrected chi connectivity index (χ1v) is 35.2. The van der Waals surface area contributed by atoms with Gasteiger partial charge in [0.15, 0.2) is 0 Å². The van der Waals surface area contributed by atoms with Crippen molar-refractivity contribution in [1.29, 1.82) is 0 Å². The Kier molecular flexibility index (Phi) is 10.2. The summed E-state index contributed by atoms with van der Waals surface area (Å²) in [5.74, 6) is 0. The zero-order valence-electron chi connectivity index (χ0n) is 55.9. The Balaban J connectivity index is 0.995. The molecule has 0 atom stereocenters. The molecule has 14 aromatic carbocycles. The van der Waals surface area contributed by atoms with Crippen LogP contribution in [0.1, 0.15) is 52.7 Å². The monoisotopic (exact) mass is 1260 g/mol. The minimum Gasteiger partial charge on any atom is -0.311 e. The number of hydrogen-bond acceptors (Lipinski definition) is 0. The molecule has 23 rings (SSSR count). The van der Waals surface area contributed by atoms with E-state index in [-0.39, 0.29) is 24.3 Å². The molecule has 19 aromatic rings. The van der Waals surface area contributed by atoms with Gasteiger partial charge >= 0.3 is 0 Å². The van der Waals surface area contributed by atoms with E-state index >= 15 is 0 Å². The lowest BCUT2D eigenvalue weighted by Gasteiger charge is -2.43. The molecule has 5 nitrogen and oxygen atoms in total. The van der Waals surface area contributed by atoms with Crippen LogP contribution in [0.5, 0.6) is 0 Å². The van der Waals surface area contributed by atoms with Crippen molar-refractivity contribution < 1.29 is 0 Å². The molecule has 0 radical (unpaired) electrons. The van der Waals surface area contributed by atoms with E-state index in [0.717, 1.165) is 5.69 Å². The highest BCUT2D eigenvalue weighted by molar-refractivity contribution is 7.04. The molecule has 0 N–H and O–H groups in total. The van der Waals surface area contributed by atoms with Crippen molar-refractivity contribution in [3.05, 3.63) is 284 Å². The molecule has 0 saturated heterocycles. The third kappa shape index (κ3) is 6.87. The summed E-state index contributed by atoms with van der Waals surface area (Å²) in [5.41, 5.74) is 36.4. The molecule has 4 aliphatic heterocycles. The molecular formula is C92H63B2N5. The Morgan fingerprint density at radius 1 is 0.232 bits per heavy atom. The van der Waals surface area contributed by atoms with Gasteiger partial charge in [-0.15, -0.1) is 0 Å². The first-order valence-electron chi connectivity index (χ1n) is 35.2. The third-order valence-corrected chi connectivity index (χ3v) is 23.4. The van der Waals surface area contributed by atoms with Crippen molar-refractivity contribution in [3.63, 3.8) is 0 Å². The van der Waals surface area contributed by atoms with Crippen LogP contribution in [0.15, 0.2) is 273 Å². The Labute approximate surface area is 572 Å². The molecule has 9 heterocycles. The van der Waals surface area contributed by atoms with E-state index in [0.29, 0.717) is 0 Å². The number of benzene rings is 14. The Hall–Kier alpha value is -11.8. The van der Waals surface area contributed by atoms with Crippen LogP contribution in [0.3, 0.4) is 0 Å². The molecule has 0 aliphatic carbocycles. The number of aromatic nitrogens is 5. The van der Waals surface area contributed by atoms with Gasteiger partial charge in [-0.3, -0.25) is 0 Å². The molecular weight excluding hydrogens is 1200 g/mol. The number of para-hydroxylation sites is 4. The molecule has 0 fully saturated rings. The first-order chi connectivity index (χ1) is 48.4. The topological polar surface area (TPSA) is 24.6 Å². The first kappa shape index (κ1) is 54.3. The minimum absolute atomic E-state index is 0.0817. The molecule has 7 heteroatoms. The van der Waals surface area contributed by atoms with Crippen LogP contribution in [0.25, 0.3) is 171 Å². The maximum Gasteiger partial charge on any atom is 0.252 e. The molecule has 462 valence electrons. The fourth-order valence-electron chi connectivity index (χ4n) is 19.2. The average molecular weight is 1260 g/mol. The van der Waals surface area contributed by atoms with Gasteiger partial charge in [-0.1, -0.05) is 230 Å². The summed E-state index contributed by atoms with van der Waals surface area (Å²) in [5, 5.41) is 12.7. The van der Waals surface area contributed by atoms with Gasteiger partial charge in [-0.2, -0.15) is 0 Å². The summed E-state index contributed by atoms with van der Waals surface area (Å²) in [6.07, 6.45) is 0. The lowest BCUT2D eigenvalue weighted by molar-refractivity contribution is 0.590. The Morgan fingerprint density at radius 2 is 0.596 bits per heavy atom. The van der Waals surface area contributed by atoms with Gasteiger partial charge in [0.1, 0.15) is 0 Å². The molecule has 4 aliphatic rings. The largest absolute Gasteiger partial charge is 0.311 e. The summed E-state index contributed by atoms with van der Waals surface area (Å²) in [4.78, 5) is 0. The smallest absolute Gasteiger partial charge is 0.252 e. The van der Waals surface area contributed by atoms with Crippen LogP contribution in [-0.2, 0) is 10.8 Å². The predicted molar refractivity (Wildman–Crippen MR) is 421 cm³/mol. The highest BCUT2D eigenvalue weighted by Gasteiger charge is 2.51. The lowest BCUT2D eigenvalue weighted by Crippen LogP contribution is -2.67. The molecule has 0 spiro atoms. The molecule has 99 heavy (non-hydrogen) atoms. The standard InChI is InChI=1S/C92H63B2N5/c1-91(2,3)57-39-41-80-66(45-57)68-46-58(92(4,5)6)47-72-85(68)98(80)89-81(54-28-14-9-15-29-54)88-82-90-83(89)94(72)74-51-60(96-77-36-22-18-32-63(77)64-33-19-23-37-78(64)96)49-70-69-48-59(95-75-34-20-16-30-61(75)62-31-17-21-35-76(62)95)50-73(86(69)99(90)87(70)74)93(82)71-44-56(53-26-12-8-13-27-53)43-67-65-42-55(52-24-10-7-11-25-52)38-40-79(65)97(88)84(67)71/h7-51H,1-6H3. The normalized spacial score (nSPS) is 13.5. The SMILES string of the molecule is CC(C)(C)c1ccc2c(c1)c1cc(C(C)(C)C)cc3c1n2-c1c2c4c5c(c1-c1ccccc1)-n1c6ccc(-c7ccccc7)cc6c6cc(-c7ccccc7)cc(c61)B5c1cc(-n5c6ccccc6c6ccccc65)cc5c6cc(-n7c8ccccc8c8ccccc87)cc(c6n-4c15)B23. The van der Waals surface area contributed by atoms with Crippen molar-refractivity contribution in [1.82, 2.24) is 22.8 Å². The van der Waals surface area contributed by atoms with Gasteiger partial charge in [0, 0.05) is 98.6 Å². The van der Waals surface area contributed by atoms with Gasteiger partial charge in [-0.25, -0.2) is 0 Å². The van der Waals surface area contributed by atoms with Crippen molar-refractivity contribution in [3.8, 4) is 61.8 Å². The minimum atomic E-state index is -0.219. The molecule has 0 saturated carbocycles. The van der Waals surface area contributed by atoms with Gasteiger partial charge in [0.2, 0.25) is 0 Å². The summed E-state index contributed by atoms with van der Waals surface area (Å²) < 4.78 is 13.5. The lowest BCUT2D eigenvalue weighted by atomic mass is 9.29. The van der Waals surface area contributed by atoms with Crippen LogP contribution < -0.4 is 32.8 Å². The van der Waals surface area contributed by atoms with Gasteiger partial charge in [0.05, 0.1) is 44.5 Å². The van der Waals surface area contributed by atoms with E-state index in [9.17, 15) is 0 Å². The quantitative estimate of drug-likeness (QED) is 0.153. The summed E-state index contributed by atoms with van der Waals surface area (Å²) >= 11 is 0. The van der Waals surface area contributed by atoms with Crippen molar-refractivity contribution >= 4 is 155 Å². The summed E-state index contributed by atoms with van der Waals surface area (Å²) in [7, 11) is 0. The third-order valence-electron chi connectivity index (χ3n) is 23.4. The maximum atomic E-state index is 2.84. The van der Waals surface area contributed by atoms with Crippen molar-refractivity contribution in [2.24, 2.45) is 0 Å². The fraction of sp³-hybridized carbons (Fsp3) is 0.0870. The zero-order valence-corrected chi connectivity index (χ0v) is 55.9. The van der Waals surface area contributed by atoms with Crippen LogP contribution in [0.4, 0.5) is 0 Å². The Morgan fingerprint density at radius 3 is 1.09 bits per heavy atom. The summed E-state index contributed by atoms with van der Waals surface area (Å²) in [6, 6.07) is 106. The average Bonchev–Trinajstić information content (AvgIpc) is 1.56. The van der Waals surface area contributed by atoms with E-state index in [1.165, 1.54) is 209 Å². The fourth-order valence-corrected chi connectivity index (χ4v) is 19.2. The van der Waals surface area contributed by atoms with Crippen molar-refractivity contribution in [2.45, 2.75) is 52.4 Å². The van der Waals surface area contributed by atoms with Gasteiger partial charge in [0.25, 0.3) is 13.4 Å². The maximum absolute atomic E-state index is 2.84. The Bertz CT molecular complexity index is 6810. The van der Waals surface area contributed by atoms with Crippen LogP contribution in [-0.4, -0.2) is 36.3 Å². The van der Waals surface area contributed by atoms with E-state index in [1.54, 1.807) is 0 Å². The number of nitrogens with zero attached hydrogens (tertiary/aromatic N) is 5. The van der Waals surface area contributed by atoms with E-state index < -0.39 is 0 Å². The highest BCUT2D eigenvalue weighted by Crippen LogP contribution is 2.51. The summed E-state index contributed by atoms with van der Waals surface area (Å²) in [6.45, 7) is 13.9. The second-order valence-electron chi connectivity index (χ2n) is 30.7. The molecule has 5 aromatic heterocycles. The van der Waals surface area contributed by atoms with E-state index in [1.807, 2.05) is 0 Å². The highest BCUT2D eigenvalue weighted by atomic mass is 15.1. The number of fused-ring (bicyclic) bond motifs is 19. The van der Waals surface area contributed by atoms with Gasteiger partial charge in [-0.05, 0) is 167 Å². The van der Waals surface area contributed by atoms with E-state index in [4.69, 9.17) is 0 Å². The second kappa shape index (κ2) is 18.6. The molecule has 0 unspecified atom stereocenters.